The third kappa shape index (κ3) is 9.57. The van der Waals surface area contributed by atoms with Crippen LogP contribution in [0.1, 0.15) is 53.4 Å². The van der Waals surface area contributed by atoms with Crippen molar-refractivity contribution in [2.45, 2.75) is 65.5 Å². The molecule has 0 aromatic heterocycles. The molecule has 0 aromatic rings. The van der Waals surface area contributed by atoms with Gasteiger partial charge in [0, 0.05) is 12.1 Å². The molecule has 0 aliphatic rings. The summed E-state index contributed by atoms with van der Waals surface area (Å²) in [6, 6.07) is 1.32. The summed E-state index contributed by atoms with van der Waals surface area (Å²) in [5.74, 6) is 0. The van der Waals surface area contributed by atoms with Crippen molar-refractivity contribution in [2.75, 3.05) is 26.2 Å². The van der Waals surface area contributed by atoms with Crippen LogP contribution in [0, 0.1) is 0 Å². The van der Waals surface area contributed by atoms with Crippen molar-refractivity contribution in [1.29, 1.82) is 0 Å². The Morgan fingerprint density at radius 1 is 0.882 bits per heavy atom. The number of hydrogen-bond acceptors (Lipinski definition) is 3. The first-order chi connectivity index (χ1) is 8.09. The van der Waals surface area contributed by atoms with E-state index in [0.29, 0.717) is 12.1 Å². The highest BCUT2D eigenvalue weighted by Crippen LogP contribution is 2.06. The molecular formula is C14H33N3. The molecule has 0 radical (unpaired) electrons. The lowest BCUT2D eigenvalue weighted by Crippen LogP contribution is -2.37. The average Bonchev–Trinajstić information content (AvgIpc) is 2.26. The lowest BCUT2D eigenvalue weighted by atomic mass is 10.2. The molecule has 0 saturated heterocycles. The molecule has 0 aromatic carbocycles. The molecule has 0 heterocycles. The molecule has 0 atom stereocenters. The van der Waals surface area contributed by atoms with Crippen molar-refractivity contribution in [3.8, 4) is 0 Å². The van der Waals surface area contributed by atoms with Crippen molar-refractivity contribution in [1.82, 2.24) is 10.2 Å². The molecule has 3 nitrogen and oxygen atoms in total. The smallest absolute Gasteiger partial charge is 0.00412 e. The second-order valence-corrected chi connectivity index (χ2v) is 5.38. The van der Waals surface area contributed by atoms with Crippen molar-refractivity contribution in [3.05, 3.63) is 0 Å². The molecule has 0 aliphatic carbocycles. The number of nitrogens with two attached hydrogens (primary N) is 1. The predicted octanol–water partition coefficient (Wildman–Crippen LogP) is 2.21. The van der Waals surface area contributed by atoms with Gasteiger partial charge in [-0.2, -0.15) is 0 Å². The summed E-state index contributed by atoms with van der Waals surface area (Å²) in [6.07, 6.45) is 4.92. The van der Waals surface area contributed by atoms with Crippen LogP contribution in [0.2, 0.25) is 0 Å². The van der Waals surface area contributed by atoms with Gasteiger partial charge >= 0.3 is 0 Å². The van der Waals surface area contributed by atoms with Gasteiger partial charge in [-0.3, -0.25) is 4.90 Å². The van der Waals surface area contributed by atoms with Gasteiger partial charge < -0.3 is 11.1 Å². The first-order valence-corrected chi connectivity index (χ1v) is 7.26. The Kier molecular flexibility index (Phi) is 10.9. The van der Waals surface area contributed by atoms with Gasteiger partial charge in [-0.05, 0) is 79.6 Å². The van der Waals surface area contributed by atoms with Gasteiger partial charge in [0.2, 0.25) is 0 Å². The third-order valence-electron chi connectivity index (χ3n) is 3.15. The largest absolute Gasteiger partial charge is 0.330 e. The fourth-order valence-corrected chi connectivity index (χ4v) is 2.18. The van der Waals surface area contributed by atoms with E-state index in [1.807, 2.05) is 0 Å². The SMILES string of the molecule is CC(C)N(CCCCNCCCCN)C(C)C. The topological polar surface area (TPSA) is 41.3 Å². The molecule has 17 heavy (non-hydrogen) atoms. The molecule has 0 saturated carbocycles. The standard InChI is InChI=1S/C14H33N3/c1-13(2)17(14(3)4)12-8-7-11-16-10-6-5-9-15/h13-14,16H,5-12,15H2,1-4H3. The van der Waals surface area contributed by atoms with Gasteiger partial charge in [-0.1, -0.05) is 0 Å². The Hall–Kier alpha value is -0.120. The van der Waals surface area contributed by atoms with Crippen LogP contribution in [-0.4, -0.2) is 43.2 Å². The first-order valence-electron chi connectivity index (χ1n) is 7.26. The molecule has 0 spiro atoms. The van der Waals surface area contributed by atoms with Gasteiger partial charge in [-0.25, -0.2) is 0 Å². The summed E-state index contributed by atoms with van der Waals surface area (Å²) >= 11 is 0. The fourth-order valence-electron chi connectivity index (χ4n) is 2.18. The van der Waals surface area contributed by atoms with Crippen LogP contribution in [0.15, 0.2) is 0 Å². The van der Waals surface area contributed by atoms with Crippen LogP contribution in [0.5, 0.6) is 0 Å². The van der Waals surface area contributed by atoms with E-state index in [1.165, 1.54) is 25.8 Å². The van der Waals surface area contributed by atoms with Crippen molar-refractivity contribution < 1.29 is 0 Å². The summed E-state index contributed by atoms with van der Waals surface area (Å²) in [4.78, 5) is 2.56. The molecule has 0 aliphatic heterocycles. The Balaban J connectivity index is 3.37. The minimum Gasteiger partial charge on any atom is -0.330 e. The second-order valence-electron chi connectivity index (χ2n) is 5.38. The van der Waals surface area contributed by atoms with E-state index in [4.69, 9.17) is 5.73 Å². The zero-order valence-electron chi connectivity index (χ0n) is 12.3. The molecule has 0 amide bonds. The Morgan fingerprint density at radius 3 is 1.88 bits per heavy atom. The zero-order valence-corrected chi connectivity index (χ0v) is 12.3. The zero-order chi connectivity index (χ0) is 13.1. The highest BCUT2D eigenvalue weighted by molar-refractivity contribution is 4.67. The van der Waals surface area contributed by atoms with Crippen molar-refractivity contribution >= 4 is 0 Å². The summed E-state index contributed by atoms with van der Waals surface area (Å²) < 4.78 is 0. The maximum atomic E-state index is 5.45. The van der Waals surface area contributed by atoms with Crippen LogP contribution in [0.3, 0.4) is 0 Å². The second kappa shape index (κ2) is 11.0. The first kappa shape index (κ1) is 16.9. The molecular weight excluding hydrogens is 210 g/mol. The predicted molar refractivity (Wildman–Crippen MR) is 77.4 cm³/mol. The maximum Gasteiger partial charge on any atom is 0.00412 e. The Labute approximate surface area is 108 Å². The Morgan fingerprint density at radius 2 is 1.41 bits per heavy atom. The molecule has 3 heteroatoms. The van der Waals surface area contributed by atoms with E-state index >= 15 is 0 Å². The minimum absolute atomic E-state index is 0.660. The van der Waals surface area contributed by atoms with Crippen LogP contribution in [0.25, 0.3) is 0 Å². The molecule has 0 fully saturated rings. The van der Waals surface area contributed by atoms with Crippen LogP contribution >= 0.6 is 0 Å². The molecule has 0 unspecified atom stereocenters. The normalized spacial score (nSPS) is 12.0. The van der Waals surface area contributed by atoms with E-state index in [2.05, 4.69) is 37.9 Å². The quantitative estimate of drug-likeness (QED) is 0.547. The number of nitrogens with zero attached hydrogens (tertiary/aromatic N) is 1. The van der Waals surface area contributed by atoms with E-state index in [1.54, 1.807) is 0 Å². The number of nitrogens with one attached hydrogen (secondary N) is 1. The summed E-state index contributed by atoms with van der Waals surface area (Å²) in [6.45, 7) is 13.4. The van der Waals surface area contributed by atoms with Crippen LogP contribution < -0.4 is 11.1 Å². The molecule has 3 N–H and O–H groups in total. The lowest BCUT2D eigenvalue weighted by Gasteiger charge is -2.30. The summed E-state index contributed by atoms with van der Waals surface area (Å²) in [7, 11) is 0. The number of unbranched alkanes of at least 4 members (excludes halogenated alkanes) is 2. The fraction of sp³-hybridized carbons (Fsp3) is 1.00. The summed E-state index contributed by atoms with van der Waals surface area (Å²) in [5, 5.41) is 3.48. The van der Waals surface area contributed by atoms with E-state index in [-0.39, 0.29) is 0 Å². The number of hydrogen-bond donors (Lipinski definition) is 2. The van der Waals surface area contributed by atoms with Crippen LogP contribution in [0.4, 0.5) is 0 Å². The van der Waals surface area contributed by atoms with E-state index in [9.17, 15) is 0 Å². The number of rotatable bonds is 11. The molecule has 104 valence electrons. The van der Waals surface area contributed by atoms with Crippen LogP contribution in [-0.2, 0) is 0 Å². The highest BCUT2D eigenvalue weighted by Gasteiger charge is 2.11. The van der Waals surface area contributed by atoms with Gasteiger partial charge in [-0.15, -0.1) is 0 Å². The van der Waals surface area contributed by atoms with Crippen molar-refractivity contribution in [3.63, 3.8) is 0 Å². The highest BCUT2D eigenvalue weighted by atomic mass is 15.2. The van der Waals surface area contributed by atoms with E-state index < -0.39 is 0 Å². The van der Waals surface area contributed by atoms with Crippen molar-refractivity contribution in [2.24, 2.45) is 5.73 Å². The van der Waals surface area contributed by atoms with Gasteiger partial charge in [0.25, 0.3) is 0 Å². The van der Waals surface area contributed by atoms with Gasteiger partial charge in [0.05, 0.1) is 0 Å². The Bertz CT molecular complexity index is 150. The van der Waals surface area contributed by atoms with E-state index in [0.717, 1.165) is 26.1 Å². The third-order valence-corrected chi connectivity index (χ3v) is 3.15. The minimum atomic E-state index is 0.660. The molecule has 0 rings (SSSR count). The average molecular weight is 243 g/mol. The lowest BCUT2D eigenvalue weighted by molar-refractivity contribution is 0.171. The van der Waals surface area contributed by atoms with Gasteiger partial charge in [0.15, 0.2) is 0 Å². The summed E-state index contributed by atoms with van der Waals surface area (Å²) in [5.41, 5.74) is 5.45. The monoisotopic (exact) mass is 243 g/mol. The van der Waals surface area contributed by atoms with Gasteiger partial charge in [0.1, 0.15) is 0 Å². The molecule has 0 bridgehead atoms. The maximum absolute atomic E-state index is 5.45.